The number of aliphatic carboxylic acids is 1. The summed E-state index contributed by atoms with van der Waals surface area (Å²) in [7, 11) is 0. The van der Waals surface area contributed by atoms with Crippen LogP contribution in [0.25, 0.3) is 11.3 Å². The highest BCUT2D eigenvalue weighted by molar-refractivity contribution is 7.09. The first-order valence-corrected chi connectivity index (χ1v) is 7.14. The van der Waals surface area contributed by atoms with E-state index in [-0.39, 0.29) is 12.3 Å². The summed E-state index contributed by atoms with van der Waals surface area (Å²) in [6.07, 6.45) is 2.29. The Labute approximate surface area is 126 Å². The molecule has 5 nitrogen and oxygen atoms in total. The summed E-state index contributed by atoms with van der Waals surface area (Å²) in [6, 6.07) is 7.36. The number of amides is 1. The summed E-state index contributed by atoms with van der Waals surface area (Å²) in [5.41, 5.74) is 2.57. The van der Waals surface area contributed by atoms with Crippen LogP contribution in [0.3, 0.4) is 0 Å². The van der Waals surface area contributed by atoms with Gasteiger partial charge >= 0.3 is 5.97 Å². The number of carboxylic acids is 1. The maximum atomic E-state index is 11.6. The van der Waals surface area contributed by atoms with Crippen LogP contribution >= 0.6 is 11.3 Å². The number of nitrogens with zero attached hydrogens (tertiary/aromatic N) is 1. The molecule has 0 fully saturated rings. The molecule has 2 N–H and O–H groups in total. The highest BCUT2D eigenvalue weighted by atomic mass is 32.1. The summed E-state index contributed by atoms with van der Waals surface area (Å²) in [5, 5.41) is 14.1. The molecule has 1 amide bonds. The van der Waals surface area contributed by atoms with E-state index in [9.17, 15) is 9.59 Å². The molecule has 1 aromatic carbocycles. The highest BCUT2D eigenvalue weighted by Gasteiger charge is 2.04. The van der Waals surface area contributed by atoms with Crippen LogP contribution in [0.2, 0.25) is 0 Å². The maximum Gasteiger partial charge on any atom is 0.327 e. The minimum absolute atomic E-state index is 0.0271. The molecule has 1 heterocycles. The number of carboxylic acid groups (broad SMARTS) is 1. The molecule has 6 heteroatoms. The van der Waals surface area contributed by atoms with E-state index in [2.05, 4.69) is 10.3 Å². The number of carbonyl (C=O) groups excluding carboxylic acids is 1. The Morgan fingerprint density at radius 2 is 2.05 bits per heavy atom. The standard InChI is InChI=1S/C15H14N2O3S/c1-10-16-13(9-21-10)11-5-7-12(8-6-11)17-14(18)3-2-4-15(19)20/h2,4-9H,3H2,1H3,(H,17,18)(H,19,20)/b4-2+. The highest BCUT2D eigenvalue weighted by Crippen LogP contribution is 2.23. The zero-order valence-corrected chi connectivity index (χ0v) is 12.2. The van der Waals surface area contributed by atoms with E-state index < -0.39 is 5.97 Å². The minimum atomic E-state index is -1.06. The number of aryl methyl sites for hydroxylation is 1. The Bertz CT molecular complexity index is 674. The van der Waals surface area contributed by atoms with Crippen molar-refractivity contribution >= 4 is 28.9 Å². The van der Waals surface area contributed by atoms with Crippen molar-refractivity contribution in [3.05, 3.63) is 46.8 Å². The number of carbonyl (C=O) groups is 2. The van der Waals surface area contributed by atoms with Gasteiger partial charge in [0.25, 0.3) is 0 Å². The molecule has 0 bridgehead atoms. The molecule has 0 saturated heterocycles. The number of hydrogen-bond donors (Lipinski definition) is 2. The lowest BCUT2D eigenvalue weighted by Crippen LogP contribution is -2.10. The van der Waals surface area contributed by atoms with Crippen LogP contribution < -0.4 is 5.32 Å². The zero-order valence-electron chi connectivity index (χ0n) is 11.4. The number of aromatic nitrogens is 1. The number of benzene rings is 1. The smallest absolute Gasteiger partial charge is 0.327 e. The van der Waals surface area contributed by atoms with Gasteiger partial charge in [0.05, 0.1) is 10.7 Å². The van der Waals surface area contributed by atoms with Crippen LogP contribution in [0.15, 0.2) is 41.8 Å². The monoisotopic (exact) mass is 302 g/mol. The minimum Gasteiger partial charge on any atom is -0.478 e. The molecule has 0 atom stereocenters. The third kappa shape index (κ3) is 4.54. The predicted molar refractivity (Wildman–Crippen MR) is 82.3 cm³/mol. The fourth-order valence-corrected chi connectivity index (χ4v) is 2.32. The van der Waals surface area contributed by atoms with Gasteiger partial charge in [0.2, 0.25) is 5.91 Å². The quantitative estimate of drug-likeness (QED) is 0.832. The number of anilines is 1. The average Bonchev–Trinajstić information content (AvgIpc) is 2.86. The third-order valence-corrected chi connectivity index (χ3v) is 3.42. The Kier molecular flexibility index (Phi) is 4.84. The van der Waals surface area contributed by atoms with Gasteiger partial charge in [-0.05, 0) is 19.1 Å². The second-order valence-corrected chi connectivity index (χ2v) is 5.38. The van der Waals surface area contributed by atoms with Crippen LogP contribution in [0, 0.1) is 6.92 Å². The summed E-state index contributed by atoms with van der Waals surface area (Å²) in [6.45, 7) is 1.95. The fraction of sp³-hybridized carbons (Fsp3) is 0.133. The number of thiazole rings is 1. The molecule has 2 aromatic rings. The van der Waals surface area contributed by atoms with Gasteiger partial charge in [0.1, 0.15) is 0 Å². The van der Waals surface area contributed by atoms with Crippen LogP contribution in [-0.2, 0) is 9.59 Å². The molecule has 0 aliphatic carbocycles. The summed E-state index contributed by atoms with van der Waals surface area (Å²) >= 11 is 1.59. The van der Waals surface area contributed by atoms with Crippen molar-refractivity contribution in [3.8, 4) is 11.3 Å². The predicted octanol–water partition coefficient (Wildman–Crippen LogP) is 3.09. The number of rotatable bonds is 5. The first-order valence-electron chi connectivity index (χ1n) is 6.26. The lowest BCUT2D eigenvalue weighted by molar-refractivity contribution is -0.131. The number of hydrogen-bond acceptors (Lipinski definition) is 4. The van der Waals surface area contributed by atoms with E-state index in [1.165, 1.54) is 6.08 Å². The van der Waals surface area contributed by atoms with Crippen molar-refractivity contribution in [3.63, 3.8) is 0 Å². The normalized spacial score (nSPS) is 10.7. The van der Waals surface area contributed by atoms with Crippen LogP contribution in [0.4, 0.5) is 5.69 Å². The van der Waals surface area contributed by atoms with Crippen molar-refractivity contribution in [2.45, 2.75) is 13.3 Å². The van der Waals surface area contributed by atoms with Crippen molar-refractivity contribution in [1.29, 1.82) is 0 Å². The SMILES string of the molecule is Cc1nc(-c2ccc(NC(=O)C/C=C/C(=O)O)cc2)cs1. The third-order valence-electron chi connectivity index (χ3n) is 2.65. The lowest BCUT2D eigenvalue weighted by atomic mass is 10.1. The van der Waals surface area contributed by atoms with Crippen molar-refractivity contribution in [2.75, 3.05) is 5.32 Å². The Morgan fingerprint density at radius 1 is 1.33 bits per heavy atom. The molecular formula is C15H14N2O3S. The molecule has 0 unspecified atom stereocenters. The largest absolute Gasteiger partial charge is 0.478 e. The summed E-state index contributed by atoms with van der Waals surface area (Å²) < 4.78 is 0. The molecule has 21 heavy (non-hydrogen) atoms. The number of nitrogens with one attached hydrogen (secondary N) is 1. The van der Waals surface area contributed by atoms with Gasteiger partial charge in [0.15, 0.2) is 0 Å². The van der Waals surface area contributed by atoms with Gasteiger partial charge in [-0.25, -0.2) is 9.78 Å². The molecular weight excluding hydrogens is 288 g/mol. The van der Waals surface area contributed by atoms with Gasteiger partial charge in [0, 0.05) is 29.1 Å². The van der Waals surface area contributed by atoms with E-state index in [4.69, 9.17) is 5.11 Å². The first-order chi connectivity index (χ1) is 10.0. The topological polar surface area (TPSA) is 79.3 Å². The molecule has 1 aromatic heterocycles. The molecule has 0 aliphatic heterocycles. The zero-order chi connectivity index (χ0) is 15.2. The Morgan fingerprint density at radius 3 is 2.62 bits per heavy atom. The molecule has 0 saturated carbocycles. The molecule has 108 valence electrons. The fourth-order valence-electron chi connectivity index (χ4n) is 1.70. The molecule has 2 rings (SSSR count). The lowest BCUT2D eigenvalue weighted by Gasteiger charge is -2.04. The van der Waals surface area contributed by atoms with Crippen LogP contribution in [-0.4, -0.2) is 22.0 Å². The Hall–Kier alpha value is -2.47. The van der Waals surface area contributed by atoms with Gasteiger partial charge in [-0.2, -0.15) is 0 Å². The maximum absolute atomic E-state index is 11.6. The van der Waals surface area contributed by atoms with E-state index in [0.29, 0.717) is 5.69 Å². The first kappa shape index (κ1) is 14.9. The van der Waals surface area contributed by atoms with E-state index in [1.54, 1.807) is 23.5 Å². The summed E-state index contributed by atoms with van der Waals surface area (Å²) in [4.78, 5) is 26.3. The van der Waals surface area contributed by atoms with Crippen LogP contribution in [0.1, 0.15) is 11.4 Å². The van der Waals surface area contributed by atoms with Crippen LogP contribution in [0.5, 0.6) is 0 Å². The van der Waals surface area contributed by atoms with Gasteiger partial charge in [-0.3, -0.25) is 4.79 Å². The van der Waals surface area contributed by atoms with E-state index >= 15 is 0 Å². The molecule has 0 spiro atoms. The summed E-state index contributed by atoms with van der Waals surface area (Å²) in [5.74, 6) is -1.32. The van der Waals surface area contributed by atoms with Gasteiger partial charge in [-0.15, -0.1) is 11.3 Å². The van der Waals surface area contributed by atoms with Crippen molar-refractivity contribution in [2.24, 2.45) is 0 Å². The second kappa shape index (κ2) is 6.81. The molecule has 0 aliphatic rings. The molecule has 0 radical (unpaired) electrons. The van der Waals surface area contributed by atoms with E-state index in [1.807, 2.05) is 24.4 Å². The van der Waals surface area contributed by atoms with Crippen molar-refractivity contribution in [1.82, 2.24) is 4.98 Å². The van der Waals surface area contributed by atoms with Gasteiger partial charge < -0.3 is 10.4 Å². The average molecular weight is 302 g/mol. The van der Waals surface area contributed by atoms with E-state index in [0.717, 1.165) is 22.3 Å². The van der Waals surface area contributed by atoms with Gasteiger partial charge in [-0.1, -0.05) is 18.2 Å². The van der Waals surface area contributed by atoms with Crippen molar-refractivity contribution < 1.29 is 14.7 Å². The second-order valence-electron chi connectivity index (χ2n) is 4.32. The Balaban J connectivity index is 1.96.